The molecule has 8 nitrogen and oxygen atoms in total. The first-order chi connectivity index (χ1) is 18.7. The number of hydrogen-bond acceptors (Lipinski definition) is 6. The minimum Gasteiger partial charge on any atom is -0.497 e. The Morgan fingerprint density at radius 1 is 0.821 bits per heavy atom. The fraction of sp³-hybridized carbons (Fsp3) is 0.133. The number of rotatable bonds is 9. The van der Waals surface area contributed by atoms with Crippen molar-refractivity contribution in [3.05, 3.63) is 119 Å². The lowest BCUT2D eigenvalue weighted by molar-refractivity contribution is -0.125. The summed E-state index contributed by atoms with van der Waals surface area (Å²) in [6.45, 7) is 3.49. The lowest BCUT2D eigenvalue weighted by Crippen LogP contribution is -2.26. The molecule has 4 aromatic carbocycles. The van der Waals surface area contributed by atoms with E-state index in [1.807, 2.05) is 6.07 Å². The van der Waals surface area contributed by atoms with Gasteiger partial charge >= 0.3 is 5.97 Å². The molecule has 0 saturated carbocycles. The lowest BCUT2D eigenvalue weighted by atomic mass is 10.1. The van der Waals surface area contributed by atoms with Crippen LogP contribution in [0.3, 0.4) is 0 Å². The van der Waals surface area contributed by atoms with Crippen LogP contribution in [0, 0.1) is 13.8 Å². The molecule has 39 heavy (non-hydrogen) atoms. The fourth-order valence-corrected chi connectivity index (χ4v) is 5.34. The monoisotopic (exact) mass is 544 g/mol. The van der Waals surface area contributed by atoms with Gasteiger partial charge in [-0.15, -0.1) is 0 Å². The van der Waals surface area contributed by atoms with Crippen LogP contribution in [0.5, 0.6) is 5.75 Å². The van der Waals surface area contributed by atoms with Crippen molar-refractivity contribution in [2.75, 3.05) is 17.1 Å². The molecule has 0 aliphatic heterocycles. The highest BCUT2D eigenvalue weighted by Gasteiger charge is 2.28. The summed E-state index contributed by atoms with van der Waals surface area (Å²) >= 11 is 0. The van der Waals surface area contributed by atoms with E-state index in [0.717, 1.165) is 5.56 Å². The Balaban J connectivity index is 1.62. The molecule has 0 radical (unpaired) electrons. The third-order valence-electron chi connectivity index (χ3n) is 5.93. The molecule has 0 aromatic heterocycles. The summed E-state index contributed by atoms with van der Waals surface area (Å²) < 4.78 is 39.9. The Bertz CT molecular complexity index is 1600. The number of carbonyl (C=O) groups is 2. The number of esters is 1. The number of benzene rings is 4. The van der Waals surface area contributed by atoms with E-state index < -0.39 is 28.0 Å². The van der Waals surface area contributed by atoms with Gasteiger partial charge in [-0.1, -0.05) is 60.7 Å². The second-order valence-electron chi connectivity index (χ2n) is 8.84. The van der Waals surface area contributed by atoms with Gasteiger partial charge in [-0.05, 0) is 55.3 Å². The predicted octanol–water partition coefficient (Wildman–Crippen LogP) is 5.65. The molecule has 0 saturated heterocycles. The smallest absolute Gasteiger partial charge is 0.341 e. The summed E-state index contributed by atoms with van der Waals surface area (Å²) in [5.41, 5.74) is 2.23. The van der Waals surface area contributed by atoms with E-state index in [1.165, 1.54) is 19.2 Å². The largest absolute Gasteiger partial charge is 0.497 e. The maximum atomic E-state index is 13.4. The summed E-state index contributed by atoms with van der Waals surface area (Å²) in [5.74, 6) is -0.911. The topological polar surface area (TPSA) is 111 Å². The van der Waals surface area contributed by atoms with E-state index in [2.05, 4.69) is 10.0 Å². The number of carbonyl (C=O) groups excluding carboxylic acids is 2. The van der Waals surface area contributed by atoms with Gasteiger partial charge in [0.15, 0.2) is 0 Å². The Kier molecular flexibility index (Phi) is 8.31. The van der Waals surface area contributed by atoms with Gasteiger partial charge in [-0.2, -0.15) is 0 Å². The van der Waals surface area contributed by atoms with Crippen molar-refractivity contribution in [3.8, 4) is 5.75 Å². The van der Waals surface area contributed by atoms with E-state index in [-0.39, 0.29) is 16.1 Å². The maximum Gasteiger partial charge on any atom is 0.341 e. The number of hydrogen-bond donors (Lipinski definition) is 2. The molecule has 0 bridgehead atoms. The standard InChI is InChI=1S/C30H28N2O6S/c1-20-16-17-21(2)27(18-20)39(35,36)32-26-15-8-7-14-25(26)30(34)38-28(22-10-5-4-6-11-22)29(33)31-23-12-9-13-24(19-23)37-3/h4-19,28,32H,1-3H3,(H,31,33). The van der Waals surface area contributed by atoms with E-state index >= 15 is 0 Å². The Morgan fingerprint density at radius 2 is 1.54 bits per heavy atom. The highest BCUT2D eigenvalue weighted by atomic mass is 32.2. The van der Waals surface area contributed by atoms with Crippen LogP contribution in [0.2, 0.25) is 0 Å². The van der Waals surface area contributed by atoms with Gasteiger partial charge in [-0.3, -0.25) is 9.52 Å². The third kappa shape index (κ3) is 6.63. The lowest BCUT2D eigenvalue weighted by Gasteiger charge is -2.20. The van der Waals surface area contributed by atoms with Crippen molar-refractivity contribution in [3.63, 3.8) is 0 Å². The van der Waals surface area contributed by atoms with Crippen LogP contribution in [-0.2, 0) is 19.6 Å². The predicted molar refractivity (Wildman–Crippen MR) is 149 cm³/mol. The summed E-state index contributed by atoms with van der Waals surface area (Å²) in [7, 11) is -2.50. The average Bonchev–Trinajstić information content (AvgIpc) is 2.93. The van der Waals surface area contributed by atoms with Crippen LogP contribution in [0.15, 0.2) is 102 Å². The SMILES string of the molecule is COc1cccc(NC(=O)C(OC(=O)c2ccccc2NS(=O)(=O)c2cc(C)ccc2C)c2ccccc2)c1. The molecule has 1 amide bonds. The molecule has 0 aliphatic rings. The second kappa shape index (κ2) is 11.8. The van der Waals surface area contributed by atoms with Gasteiger partial charge in [-0.25, -0.2) is 13.2 Å². The van der Waals surface area contributed by atoms with Gasteiger partial charge < -0.3 is 14.8 Å². The first-order valence-corrected chi connectivity index (χ1v) is 13.6. The van der Waals surface area contributed by atoms with E-state index in [1.54, 1.807) is 92.7 Å². The van der Waals surface area contributed by atoms with Crippen molar-refractivity contribution in [1.82, 2.24) is 0 Å². The van der Waals surface area contributed by atoms with Crippen LogP contribution in [0.1, 0.15) is 33.2 Å². The van der Waals surface area contributed by atoms with Gasteiger partial charge in [0.05, 0.1) is 23.3 Å². The Labute approximate surface area is 227 Å². The van der Waals surface area contributed by atoms with Crippen molar-refractivity contribution < 1.29 is 27.5 Å². The molecule has 0 heterocycles. The minimum absolute atomic E-state index is 0.0309. The molecule has 200 valence electrons. The Morgan fingerprint density at radius 3 is 2.28 bits per heavy atom. The number of sulfonamides is 1. The molecule has 0 aliphatic carbocycles. The number of aryl methyl sites for hydroxylation is 2. The van der Waals surface area contributed by atoms with Gasteiger partial charge in [0.1, 0.15) is 5.75 Å². The zero-order valence-corrected chi connectivity index (χ0v) is 22.5. The Hall–Kier alpha value is -4.63. The normalized spacial score (nSPS) is 11.8. The molecule has 4 aromatic rings. The summed E-state index contributed by atoms with van der Waals surface area (Å²) in [5, 5.41) is 2.75. The number of ether oxygens (including phenoxy) is 2. The molecule has 4 rings (SSSR count). The summed E-state index contributed by atoms with van der Waals surface area (Å²) in [6.07, 6.45) is -1.31. The van der Waals surface area contributed by atoms with Crippen LogP contribution in [0.4, 0.5) is 11.4 Å². The van der Waals surface area contributed by atoms with Gasteiger partial charge in [0, 0.05) is 17.3 Å². The molecule has 0 spiro atoms. The number of amides is 1. The highest BCUT2D eigenvalue weighted by Crippen LogP contribution is 2.27. The molecular formula is C30H28N2O6S. The van der Waals surface area contributed by atoms with Crippen molar-refractivity contribution in [2.45, 2.75) is 24.8 Å². The van der Waals surface area contributed by atoms with Crippen molar-refractivity contribution in [1.29, 1.82) is 0 Å². The zero-order chi connectivity index (χ0) is 28.0. The number of nitrogens with one attached hydrogen (secondary N) is 2. The molecule has 1 atom stereocenters. The second-order valence-corrected chi connectivity index (χ2v) is 10.5. The van der Waals surface area contributed by atoms with E-state index in [4.69, 9.17) is 9.47 Å². The first kappa shape index (κ1) is 27.4. The van der Waals surface area contributed by atoms with Crippen LogP contribution in [-0.4, -0.2) is 27.4 Å². The first-order valence-electron chi connectivity index (χ1n) is 12.1. The van der Waals surface area contributed by atoms with Gasteiger partial charge in [0.2, 0.25) is 6.10 Å². The quantitative estimate of drug-likeness (QED) is 0.264. The fourth-order valence-electron chi connectivity index (χ4n) is 3.93. The third-order valence-corrected chi connectivity index (χ3v) is 7.43. The van der Waals surface area contributed by atoms with Crippen molar-refractivity contribution in [2.24, 2.45) is 0 Å². The zero-order valence-electron chi connectivity index (χ0n) is 21.7. The van der Waals surface area contributed by atoms with Crippen molar-refractivity contribution >= 4 is 33.3 Å². The molecular weight excluding hydrogens is 516 g/mol. The van der Waals surface area contributed by atoms with E-state index in [9.17, 15) is 18.0 Å². The maximum absolute atomic E-state index is 13.4. The molecule has 2 N–H and O–H groups in total. The van der Waals surface area contributed by atoms with Gasteiger partial charge in [0.25, 0.3) is 15.9 Å². The number of para-hydroxylation sites is 1. The number of methoxy groups -OCH3 is 1. The van der Waals surface area contributed by atoms with Crippen LogP contribution < -0.4 is 14.8 Å². The highest BCUT2D eigenvalue weighted by molar-refractivity contribution is 7.92. The van der Waals surface area contributed by atoms with Crippen LogP contribution in [0.25, 0.3) is 0 Å². The molecule has 1 unspecified atom stereocenters. The summed E-state index contributed by atoms with van der Waals surface area (Å²) in [4.78, 5) is 26.8. The summed E-state index contributed by atoms with van der Waals surface area (Å²) in [6, 6.07) is 26.5. The number of anilines is 2. The average molecular weight is 545 g/mol. The van der Waals surface area contributed by atoms with E-state index in [0.29, 0.717) is 22.6 Å². The van der Waals surface area contributed by atoms with Crippen LogP contribution >= 0.6 is 0 Å². The molecule has 9 heteroatoms. The minimum atomic E-state index is -4.02. The molecule has 0 fully saturated rings.